The van der Waals surface area contributed by atoms with E-state index in [0.717, 1.165) is 19.3 Å². The fraction of sp³-hybridized carbons (Fsp3) is 0.538. The zero-order chi connectivity index (χ0) is 11.8. The van der Waals surface area contributed by atoms with Gasteiger partial charge in [0, 0.05) is 10.1 Å². The fourth-order valence-corrected chi connectivity index (χ4v) is 3.62. The van der Waals surface area contributed by atoms with Gasteiger partial charge in [0.25, 0.3) is 0 Å². The summed E-state index contributed by atoms with van der Waals surface area (Å²) in [5.74, 6) is 0.634. The third-order valence-electron chi connectivity index (χ3n) is 2.91. The number of benzene rings is 1. The lowest BCUT2D eigenvalue weighted by molar-refractivity contribution is 0.646. The van der Waals surface area contributed by atoms with Crippen molar-refractivity contribution >= 4 is 9.73 Å². The average Bonchev–Trinajstić information content (AvgIpc) is 3.00. The smallest absolute Gasteiger partial charge is 0.0755 e. The van der Waals surface area contributed by atoms with Gasteiger partial charge in [0.2, 0.25) is 0 Å². The van der Waals surface area contributed by atoms with Crippen LogP contribution in [-0.4, -0.2) is 9.46 Å². The van der Waals surface area contributed by atoms with E-state index in [0.29, 0.717) is 10.8 Å². The molecule has 3 heteroatoms. The highest BCUT2D eigenvalue weighted by molar-refractivity contribution is 7.93. The van der Waals surface area contributed by atoms with Crippen molar-refractivity contribution in [1.82, 2.24) is 0 Å². The van der Waals surface area contributed by atoms with Crippen molar-refractivity contribution in [2.75, 3.05) is 0 Å². The summed E-state index contributed by atoms with van der Waals surface area (Å²) in [6.07, 6.45) is 2.95. The van der Waals surface area contributed by atoms with Crippen LogP contribution in [0.4, 0.5) is 0 Å². The largest absolute Gasteiger partial charge is 0.249 e. The van der Waals surface area contributed by atoms with E-state index in [4.69, 9.17) is 4.78 Å². The molecule has 1 unspecified atom stereocenters. The standard InChI is InChI=1S/C13H19NOS/c1-10(2)9-11-3-5-12(6-4-11)16(14,15)13-7-8-13/h3-6,10,13-14H,7-9H2,1-2H3. The Morgan fingerprint density at radius 2 is 1.88 bits per heavy atom. The molecule has 1 aromatic rings. The minimum atomic E-state index is -2.51. The van der Waals surface area contributed by atoms with Gasteiger partial charge < -0.3 is 0 Å². The molecule has 0 spiro atoms. The topological polar surface area (TPSA) is 40.9 Å². The van der Waals surface area contributed by atoms with E-state index < -0.39 is 9.73 Å². The van der Waals surface area contributed by atoms with Crippen molar-refractivity contribution in [3.63, 3.8) is 0 Å². The van der Waals surface area contributed by atoms with Crippen LogP contribution in [0.25, 0.3) is 0 Å². The number of hydrogen-bond acceptors (Lipinski definition) is 2. The van der Waals surface area contributed by atoms with Gasteiger partial charge in [-0.25, -0.2) is 8.99 Å². The Kier molecular flexibility index (Phi) is 3.06. The Morgan fingerprint density at radius 1 is 1.31 bits per heavy atom. The SMILES string of the molecule is CC(C)Cc1ccc(S(=N)(=O)C2CC2)cc1. The van der Waals surface area contributed by atoms with Crippen molar-refractivity contribution in [3.05, 3.63) is 29.8 Å². The molecule has 1 aliphatic carbocycles. The van der Waals surface area contributed by atoms with Crippen molar-refractivity contribution in [3.8, 4) is 0 Å². The van der Waals surface area contributed by atoms with Crippen molar-refractivity contribution in [1.29, 1.82) is 4.78 Å². The van der Waals surface area contributed by atoms with Gasteiger partial charge in [-0.05, 0) is 42.9 Å². The summed E-state index contributed by atoms with van der Waals surface area (Å²) in [6.45, 7) is 4.37. The van der Waals surface area contributed by atoms with Gasteiger partial charge >= 0.3 is 0 Å². The van der Waals surface area contributed by atoms with E-state index in [1.807, 2.05) is 24.3 Å². The summed E-state index contributed by atoms with van der Waals surface area (Å²) in [5.41, 5.74) is 1.27. The second-order valence-electron chi connectivity index (χ2n) is 5.04. The van der Waals surface area contributed by atoms with Crippen LogP contribution in [0, 0.1) is 10.7 Å². The van der Waals surface area contributed by atoms with Crippen LogP contribution < -0.4 is 0 Å². The number of hydrogen-bond donors (Lipinski definition) is 1. The molecular formula is C13H19NOS. The summed E-state index contributed by atoms with van der Waals surface area (Å²) < 4.78 is 20.1. The lowest BCUT2D eigenvalue weighted by Gasteiger charge is -2.08. The van der Waals surface area contributed by atoms with Crippen LogP contribution >= 0.6 is 0 Å². The summed E-state index contributed by atoms with van der Waals surface area (Å²) in [4.78, 5) is 0.711. The first kappa shape index (κ1) is 11.6. The number of nitrogens with one attached hydrogen (secondary N) is 1. The fourth-order valence-electron chi connectivity index (χ4n) is 1.89. The van der Waals surface area contributed by atoms with Gasteiger partial charge in [-0.2, -0.15) is 0 Å². The zero-order valence-corrected chi connectivity index (χ0v) is 10.7. The van der Waals surface area contributed by atoms with Crippen LogP contribution in [0.15, 0.2) is 29.2 Å². The van der Waals surface area contributed by atoms with E-state index in [9.17, 15) is 4.21 Å². The number of rotatable bonds is 4. The van der Waals surface area contributed by atoms with Gasteiger partial charge in [-0.3, -0.25) is 0 Å². The van der Waals surface area contributed by atoms with Gasteiger partial charge in [0.15, 0.2) is 0 Å². The van der Waals surface area contributed by atoms with Crippen LogP contribution in [0.5, 0.6) is 0 Å². The highest BCUT2D eigenvalue weighted by Gasteiger charge is 2.33. The summed E-state index contributed by atoms with van der Waals surface area (Å²) in [7, 11) is -2.51. The molecule has 0 aromatic heterocycles. The molecule has 1 atom stereocenters. The second kappa shape index (κ2) is 4.21. The van der Waals surface area contributed by atoms with Crippen LogP contribution in [0.1, 0.15) is 32.3 Å². The van der Waals surface area contributed by atoms with Crippen molar-refractivity contribution in [2.45, 2.75) is 43.3 Å². The Balaban J connectivity index is 2.19. The van der Waals surface area contributed by atoms with Gasteiger partial charge in [0.1, 0.15) is 0 Å². The van der Waals surface area contributed by atoms with Gasteiger partial charge in [-0.1, -0.05) is 26.0 Å². The third kappa shape index (κ3) is 2.46. The van der Waals surface area contributed by atoms with E-state index in [-0.39, 0.29) is 5.25 Å². The molecule has 0 bridgehead atoms. The molecule has 0 heterocycles. The molecule has 1 fully saturated rings. The summed E-state index contributed by atoms with van der Waals surface area (Å²) >= 11 is 0. The summed E-state index contributed by atoms with van der Waals surface area (Å²) in [6, 6.07) is 7.80. The minimum absolute atomic E-state index is 0.114. The Hall–Kier alpha value is -0.830. The maximum absolute atomic E-state index is 12.2. The molecular weight excluding hydrogens is 218 g/mol. The van der Waals surface area contributed by atoms with Crippen LogP contribution in [-0.2, 0) is 16.1 Å². The minimum Gasteiger partial charge on any atom is -0.249 e. The maximum atomic E-state index is 12.2. The Morgan fingerprint density at radius 3 is 2.31 bits per heavy atom. The van der Waals surface area contributed by atoms with Gasteiger partial charge in [0.05, 0.1) is 9.73 Å². The molecule has 2 nitrogen and oxygen atoms in total. The Labute approximate surface area is 98.0 Å². The lowest BCUT2D eigenvalue weighted by atomic mass is 10.0. The summed E-state index contributed by atoms with van der Waals surface area (Å²) in [5, 5.41) is 0.114. The van der Waals surface area contributed by atoms with Crippen molar-refractivity contribution in [2.24, 2.45) is 5.92 Å². The molecule has 1 aliphatic rings. The maximum Gasteiger partial charge on any atom is 0.0755 e. The third-order valence-corrected chi connectivity index (χ3v) is 5.29. The monoisotopic (exact) mass is 237 g/mol. The van der Waals surface area contributed by atoms with E-state index in [2.05, 4.69) is 13.8 Å². The molecule has 1 aromatic carbocycles. The van der Waals surface area contributed by atoms with Gasteiger partial charge in [-0.15, -0.1) is 0 Å². The quantitative estimate of drug-likeness (QED) is 0.856. The Bertz CT molecular complexity index is 455. The van der Waals surface area contributed by atoms with Crippen molar-refractivity contribution < 1.29 is 4.21 Å². The lowest BCUT2D eigenvalue weighted by Crippen LogP contribution is -2.05. The van der Waals surface area contributed by atoms with Crippen LogP contribution in [0.2, 0.25) is 0 Å². The van der Waals surface area contributed by atoms with E-state index >= 15 is 0 Å². The zero-order valence-electron chi connectivity index (χ0n) is 9.90. The molecule has 16 heavy (non-hydrogen) atoms. The second-order valence-corrected chi connectivity index (χ2v) is 7.38. The predicted octanol–water partition coefficient (Wildman–Crippen LogP) is 3.45. The first-order valence-corrected chi connectivity index (χ1v) is 7.49. The molecule has 0 radical (unpaired) electrons. The van der Waals surface area contributed by atoms with E-state index in [1.54, 1.807) is 0 Å². The molecule has 1 saturated carbocycles. The first-order chi connectivity index (χ1) is 7.50. The molecule has 2 rings (SSSR count). The average molecular weight is 237 g/mol. The van der Waals surface area contributed by atoms with E-state index in [1.165, 1.54) is 5.56 Å². The molecule has 0 aliphatic heterocycles. The highest BCUT2D eigenvalue weighted by Crippen LogP contribution is 2.34. The predicted molar refractivity (Wildman–Crippen MR) is 67.1 cm³/mol. The highest BCUT2D eigenvalue weighted by atomic mass is 32.2. The normalized spacial score (nSPS) is 19.7. The van der Waals surface area contributed by atoms with Crippen LogP contribution in [0.3, 0.4) is 0 Å². The first-order valence-electron chi connectivity index (χ1n) is 5.86. The molecule has 88 valence electrons. The molecule has 1 N–H and O–H groups in total. The molecule has 0 amide bonds. The molecule has 0 saturated heterocycles.